The molecule has 2 aromatic heterocycles. The fourth-order valence-electron chi connectivity index (χ4n) is 3.16. The standard InChI is InChI=1S/C19H18F3N5O2S/c20-19(21,22)18-24-14-3-1-2-4-15(14)27(18)12-16(28)25-23-11-13-5-6-17(30-13)26-7-9-29-10-8-26/h1-6,11H,7-10,12H2,(H,25,28)/b23-11+. The number of carbonyl (C=O) groups excluding carboxylic acids is 1. The molecule has 0 saturated carbocycles. The van der Waals surface area contributed by atoms with Crippen LogP contribution in [0.3, 0.4) is 0 Å². The van der Waals surface area contributed by atoms with Crippen molar-refractivity contribution in [1.82, 2.24) is 15.0 Å². The van der Waals surface area contributed by atoms with E-state index >= 15 is 0 Å². The van der Waals surface area contributed by atoms with Crippen LogP contribution in [0, 0.1) is 0 Å². The molecule has 30 heavy (non-hydrogen) atoms. The third-order valence-electron chi connectivity index (χ3n) is 4.53. The summed E-state index contributed by atoms with van der Waals surface area (Å²) in [5.74, 6) is -1.79. The van der Waals surface area contributed by atoms with E-state index in [1.165, 1.54) is 29.7 Å². The number of thiophene rings is 1. The van der Waals surface area contributed by atoms with Gasteiger partial charge in [-0.1, -0.05) is 12.1 Å². The second kappa shape index (κ2) is 8.44. The van der Waals surface area contributed by atoms with Gasteiger partial charge in [-0.05, 0) is 24.3 Å². The molecule has 0 atom stereocenters. The van der Waals surface area contributed by atoms with E-state index in [0.717, 1.165) is 27.5 Å². The molecule has 3 heterocycles. The Morgan fingerprint density at radius 1 is 1.23 bits per heavy atom. The maximum Gasteiger partial charge on any atom is 0.449 e. The number of benzene rings is 1. The number of hydrogen-bond acceptors (Lipinski definition) is 6. The molecule has 0 aliphatic carbocycles. The van der Waals surface area contributed by atoms with Crippen molar-refractivity contribution in [2.45, 2.75) is 12.7 Å². The lowest BCUT2D eigenvalue weighted by molar-refractivity contribution is -0.147. The summed E-state index contributed by atoms with van der Waals surface area (Å²) in [7, 11) is 0. The predicted molar refractivity (Wildman–Crippen MR) is 108 cm³/mol. The third-order valence-corrected chi connectivity index (χ3v) is 5.61. The van der Waals surface area contributed by atoms with Gasteiger partial charge in [-0.2, -0.15) is 18.3 Å². The molecule has 1 saturated heterocycles. The monoisotopic (exact) mass is 437 g/mol. The number of fused-ring (bicyclic) bond motifs is 1. The van der Waals surface area contributed by atoms with E-state index in [9.17, 15) is 18.0 Å². The van der Waals surface area contributed by atoms with E-state index < -0.39 is 24.5 Å². The first-order valence-corrected chi connectivity index (χ1v) is 10.0. The molecule has 7 nitrogen and oxygen atoms in total. The van der Waals surface area contributed by atoms with E-state index in [-0.39, 0.29) is 11.0 Å². The van der Waals surface area contributed by atoms with Crippen LogP contribution in [-0.2, 0) is 22.3 Å². The van der Waals surface area contributed by atoms with Crippen LogP contribution >= 0.6 is 11.3 Å². The molecule has 0 spiro atoms. The van der Waals surface area contributed by atoms with Crippen molar-refractivity contribution in [2.24, 2.45) is 5.10 Å². The first-order valence-electron chi connectivity index (χ1n) is 9.19. The number of aromatic nitrogens is 2. The number of ether oxygens (including phenoxy) is 1. The summed E-state index contributed by atoms with van der Waals surface area (Å²) in [6, 6.07) is 9.99. The summed E-state index contributed by atoms with van der Waals surface area (Å²) >= 11 is 1.51. The lowest BCUT2D eigenvalue weighted by atomic mass is 10.3. The summed E-state index contributed by atoms with van der Waals surface area (Å²) in [4.78, 5) is 18.9. The van der Waals surface area contributed by atoms with Gasteiger partial charge in [0.05, 0.1) is 35.5 Å². The lowest BCUT2D eigenvalue weighted by Crippen LogP contribution is -2.35. The highest BCUT2D eigenvalue weighted by Gasteiger charge is 2.37. The van der Waals surface area contributed by atoms with Gasteiger partial charge in [0, 0.05) is 18.0 Å². The Kier molecular flexibility index (Phi) is 5.73. The van der Waals surface area contributed by atoms with Gasteiger partial charge in [0.2, 0.25) is 5.82 Å². The van der Waals surface area contributed by atoms with Crippen molar-refractivity contribution in [3.63, 3.8) is 0 Å². The maximum absolute atomic E-state index is 13.3. The SMILES string of the molecule is O=C(Cn1c(C(F)(F)F)nc2ccccc21)N/N=C/c1ccc(N2CCOCC2)s1. The highest BCUT2D eigenvalue weighted by Crippen LogP contribution is 2.31. The fourth-order valence-corrected chi connectivity index (χ4v) is 4.09. The number of morpholine rings is 1. The number of imidazole rings is 1. The quantitative estimate of drug-likeness (QED) is 0.492. The number of halogens is 3. The van der Waals surface area contributed by atoms with Gasteiger partial charge in [-0.15, -0.1) is 11.3 Å². The van der Waals surface area contributed by atoms with E-state index in [2.05, 4.69) is 20.4 Å². The number of hydrogen-bond donors (Lipinski definition) is 1. The Morgan fingerprint density at radius 2 is 2.00 bits per heavy atom. The molecule has 1 N–H and O–H groups in total. The van der Waals surface area contributed by atoms with Gasteiger partial charge < -0.3 is 14.2 Å². The second-order valence-corrected chi connectivity index (χ2v) is 7.67. The number of alkyl halides is 3. The van der Waals surface area contributed by atoms with Crippen LogP contribution < -0.4 is 10.3 Å². The number of amides is 1. The summed E-state index contributed by atoms with van der Waals surface area (Å²) < 4.78 is 46.1. The molecule has 4 rings (SSSR count). The maximum atomic E-state index is 13.3. The van der Waals surface area contributed by atoms with Gasteiger partial charge in [0.25, 0.3) is 5.91 Å². The number of carbonyl (C=O) groups is 1. The number of nitrogens with one attached hydrogen (secondary N) is 1. The van der Waals surface area contributed by atoms with E-state index in [1.54, 1.807) is 12.1 Å². The molecule has 3 aromatic rings. The minimum Gasteiger partial charge on any atom is -0.378 e. The van der Waals surface area contributed by atoms with E-state index in [0.29, 0.717) is 13.2 Å². The van der Waals surface area contributed by atoms with Crippen molar-refractivity contribution < 1.29 is 22.7 Å². The van der Waals surface area contributed by atoms with E-state index in [4.69, 9.17) is 4.74 Å². The zero-order valence-corrected chi connectivity index (χ0v) is 16.5. The second-order valence-electron chi connectivity index (χ2n) is 6.58. The Balaban J connectivity index is 1.42. The lowest BCUT2D eigenvalue weighted by Gasteiger charge is -2.27. The molecule has 0 unspecified atom stereocenters. The summed E-state index contributed by atoms with van der Waals surface area (Å²) in [6.07, 6.45) is -3.20. The highest BCUT2D eigenvalue weighted by molar-refractivity contribution is 7.17. The van der Waals surface area contributed by atoms with E-state index in [1.807, 2.05) is 12.1 Å². The van der Waals surface area contributed by atoms with Crippen molar-refractivity contribution in [1.29, 1.82) is 0 Å². The van der Waals surface area contributed by atoms with Gasteiger partial charge in [-0.3, -0.25) is 4.79 Å². The molecule has 1 fully saturated rings. The first kappa shape index (κ1) is 20.4. The molecule has 158 valence electrons. The third kappa shape index (κ3) is 4.46. The summed E-state index contributed by atoms with van der Waals surface area (Å²) in [5, 5.41) is 4.95. The fraction of sp³-hybridized carbons (Fsp3) is 0.316. The minimum absolute atomic E-state index is 0.176. The summed E-state index contributed by atoms with van der Waals surface area (Å²) in [6.45, 7) is 2.44. The highest BCUT2D eigenvalue weighted by atomic mass is 32.1. The number of hydrazone groups is 1. The normalized spacial score (nSPS) is 15.2. The van der Waals surface area contributed by atoms with Crippen molar-refractivity contribution in [2.75, 3.05) is 31.2 Å². The zero-order chi connectivity index (χ0) is 21.1. The summed E-state index contributed by atoms with van der Waals surface area (Å²) in [5.41, 5.74) is 2.70. The topological polar surface area (TPSA) is 71.8 Å². The molecule has 1 amide bonds. The molecular formula is C19H18F3N5O2S. The van der Waals surface area contributed by atoms with Crippen LogP contribution in [0.1, 0.15) is 10.7 Å². The Bertz CT molecular complexity index is 1070. The molecule has 1 aromatic carbocycles. The average molecular weight is 437 g/mol. The number of rotatable bonds is 5. The van der Waals surface area contributed by atoms with Crippen LogP contribution in [-0.4, -0.2) is 48.0 Å². The average Bonchev–Trinajstić information content (AvgIpc) is 3.34. The van der Waals surface area contributed by atoms with Crippen LogP contribution in [0.4, 0.5) is 18.2 Å². The molecule has 0 bridgehead atoms. The van der Waals surface area contributed by atoms with Crippen LogP contribution in [0.25, 0.3) is 11.0 Å². The Morgan fingerprint density at radius 3 is 2.77 bits per heavy atom. The molecule has 1 aliphatic rings. The number of nitrogens with zero attached hydrogens (tertiary/aromatic N) is 4. The zero-order valence-electron chi connectivity index (χ0n) is 15.7. The van der Waals surface area contributed by atoms with Gasteiger partial charge >= 0.3 is 6.18 Å². The van der Waals surface area contributed by atoms with Crippen molar-refractivity contribution in [3.05, 3.63) is 47.1 Å². The smallest absolute Gasteiger partial charge is 0.378 e. The van der Waals surface area contributed by atoms with Crippen LogP contribution in [0.5, 0.6) is 0 Å². The number of anilines is 1. The van der Waals surface area contributed by atoms with Crippen LogP contribution in [0.15, 0.2) is 41.5 Å². The molecule has 0 radical (unpaired) electrons. The Hall–Kier alpha value is -2.92. The molecular weight excluding hydrogens is 419 g/mol. The van der Waals surface area contributed by atoms with Gasteiger partial charge in [-0.25, -0.2) is 10.4 Å². The van der Waals surface area contributed by atoms with Gasteiger partial charge in [0.1, 0.15) is 6.54 Å². The van der Waals surface area contributed by atoms with Crippen molar-refractivity contribution >= 4 is 39.5 Å². The first-order chi connectivity index (χ1) is 14.4. The minimum atomic E-state index is -4.67. The van der Waals surface area contributed by atoms with Gasteiger partial charge in [0.15, 0.2) is 0 Å². The molecule has 1 aliphatic heterocycles. The van der Waals surface area contributed by atoms with Crippen LogP contribution in [0.2, 0.25) is 0 Å². The largest absolute Gasteiger partial charge is 0.449 e. The Labute approximate surface area is 173 Å². The predicted octanol–water partition coefficient (Wildman–Crippen LogP) is 3.10. The van der Waals surface area contributed by atoms with Crippen molar-refractivity contribution in [3.8, 4) is 0 Å². The molecule has 11 heteroatoms. The number of para-hydroxylation sites is 2.